The van der Waals surface area contributed by atoms with E-state index in [1.165, 1.54) is 42.5 Å². The highest BCUT2D eigenvalue weighted by Gasteiger charge is 2.34. The molecule has 0 aromatic heterocycles. The molecule has 1 aliphatic carbocycles. The molecule has 2 fully saturated rings. The van der Waals surface area contributed by atoms with Gasteiger partial charge in [0.1, 0.15) is 5.82 Å². The lowest BCUT2D eigenvalue weighted by Gasteiger charge is -2.43. The molecule has 4 unspecified atom stereocenters. The van der Waals surface area contributed by atoms with Crippen LogP contribution in [-0.4, -0.2) is 50.6 Å². The Morgan fingerprint density at radius 1 is 1.06 bits per heavy atom. The molecule has 5 heteroatoms. The van der Waals surface area contributed by atoms with E-state index in [4.69, 9.17) is 9.47 Å². The first-order valence-electron chi connectivity index (χ1n) is 12.0. The number of nitrogens with one attached hydrogen (secondary N) is 1. The van der Waals surface area contributed by atoms with E-state index in [1.807, 2.05) is 12.1 Å². The lowest BCUT2D eigenvalue weighted by molar-refractivity contribution is -0.00756. The Morgan fingerprint density at radius 3 is 2.50 bits per heavy atom. The third kappa shape index (κ3) is 6.16. The van der Waals surface area contributed by atoms with Crippen LogP contribution in [0.3, 0.4) is 0 Å². The van der Waals surface area contributed by atoms with E-state index in [-0.39, 0.29) is 11.9 Å². The summed E-state index contributed by atoms with van der Waals surface area (Å²) in [6.07, 6.45) is 3.61. The zero-order chi connectivity index (χ0) is 22.3. The Labute approximate surface area is 192 Å². The van der Waals surface area contributed by atoms with Gasteiger partial charge in [-0.15, -0.1) is 0 Å². The van der Waals surface area contributed by atoms with Crippen LogP contribution in [0.2, 0.25) is 0 Å². The van der Waals surface area contributed by atoms with Gasteiger partial charge in [0.25, 0.3) is 0 Å². The number of halogens is 1. The fourth-order valence-electron chi connectivity index (χ4n) is 5.17. The van der Waals surface area contributed by atoms with Crippen molar-refractivity contribution in [3.63, 3.8) is 0 Å². The Balaban J connectivity index is 1.33. The second-order valence-corrected chi connectivity index (χ2v) is 9.38. The first-order valence-corrected chi connectivity index (χ1v) is 12.0. The standard InChI is InChI=1S/C27H37FN2O2/c1-20-3-5-23(6-4-20)27-17-26(30-13-15-31-16-14-30)12-9-24(27)18-32-19-29-21(2)22-7-10-25(28)11-8-22/h3-8,10-11,21,24,26-27,29H,9,12-19H2,1-2H3. The van der Waals surface area contributed by atoms with Gasteiger partial charge in [-0.25, -0.2) is 4.39 Å². The molecule has 2 aromatic carbocycles. The predicted octanol–water partition coefficient (Wildman–Crippen LogP) is 5.04. The fraction of sp³-hybridized carbons (Fsp3) is 0.556. The highest BCUT2D eigenvalue weighted by Crippen LogP contribution is 2.40. The maximum Gasteiger partial charge on any atom is 0.123 e. The summed E-state index contributed by atoms with van der Waals surface area (Å²) in [6.45, 7) is 9.32. The van der Waals surface area contributed by atoms with Crippen molar-refractivity contribution in [1.29, 1.82) is 0 Å². The quantitative estimate of drug-likeness (QED) is 0.460. The monoisotopic (exact) mass is 440 g/mol. The Hall–Kier alpha value is -1.79. The van der Waals surface area contributed by atoms with E-state index < -0.39 is 0 Å². The summed E-state index contributed by atoms with van der Waals surface area (Å²) in [5, 5.41) is 3.41. The first-order chi connectivity index (χ1) is 15.6. The number of morpholine rings is 1. The zero-order valence-electron chi connectivity index (χ0n) is 19.4. The molecule has 0 amide bonds. The summed E-state index contributed by atoms with van der Waals surface area (Å²) >= 11 is 0. The van der Waals surface area contributed by atoms with Crippen LogP contribution in [0.25, 0.3) is 0 Å². The third-order valence-electron chi connectivity index (χ3n) is 7.23. The smallest absolute Gasteiger partial charge is 0.123 e. The summed E-state index contributed by atoms with van der Waals surface area (Å²) in [5.74, 6) is 0.844. The van der Waals surface area contributed by atoms with Gasteiger partial charge in [-0.05, 0) is 68.2 Å². The number of aryl methyl sites for hydroxylation is 1. The van der Waals surface area contributed by atoms with Crippen molar-refractivity contribution in [3.05, 3.63) is 71.0 Å². The topological polar surface area (TPSA) is 33.7 Å². The molecule has 1 N–H and O–H groups in total. The van der Waals surface area contributed by atoms with Crippen molar-refractivity contribution >= 4 is 0 Å². The number of ether oxygens (including phenoxy) is 2. The largest absolute Gasteiger partial charge is 0.379 e. The van der Waals surface area contributed by atoms with Crippen LogP contribution in [0, 0.1) is 18.7 Å². The molecule has 1 aliphatic heterocycles. The van der Waals surface area contributed by atoms with Crippen molar-refractivity contribution in [3.8, 4) is 0 Å². The normalized spacial score (nSPS) is 25.5. The van der Waals surface area contributed by atoms with Gasteiger partial charge in [0.05, 0.1) is 26.6 Å². The van der Waals surface area contributed by atoms with Gasteiger partial charge in [0.15, 0.2) is 0 Å². The van der Waals surface area contributed by atoms with Crippen LogP contribution >= 0.6 is 0 Å². The minimum atomic E-state index is -0.202. The number of nitrogens with zero attached hydrogens (tertiary/aromatic N) is 1. The summed E-state index contributed by atoms with van der Waals surface area (Å²) in [5.41, 5.74) is 3.81. The number of hydrogen-bond acceptors (Lipinski definition) is 4. The first kappa shape index (κ1) is 23.4. The van der Waals surface area contributed by atoms with Crippen LogP contribution < -0.4 is 5.32 Å². The van der Waals surface area contributed by atoms with Gasteiger partial charge in [0, 0.05) is 25.2 Å². The molecule has 0 bridgehead atoms. The van der Waals surface area contributed by atoms with Gasteiger partial charge in [-0.3, -0.25) is 10.2 Å². The number of benzene rings is 2. The van der Waals surface area contributed by atoms with Crippen molar-refractivity contribution in [2.45, 2.75) is 51.1 Å². The molecule has 0 radical (unpaired) electrons. The zero-order valence-corrected chi connectivity index (χ0v) is 19.4. The van der Waals surface area contributed by atoms with Crippen molar-refractivity contribution < 1.29 is 13.9 Å². The van der Waals surface area contributed by atoms with Gasteiger partial charge < -0.3 is 9.47 Å². The molecule has 0 spiro atoms. The molecule has 4 atom stereocenters. The van der Waals surface area contributed by atoms with Gasteiger partial charge in [0.2, 0.25) is 0 Å². The van der Waals surface area contributed by atoms with E-state index in [1.54, 1.807) is 0 Å². The van der Waals surface area contributed by atoms with Crippen molar-refractivity contribution in [1.82, 2.24) is 10.2 Å². The number of hydrogen-bond donors (Lipinski definition) is 1. The Bertz CT molecular complexity index is 821. The van der Waals surface area contributed by atoms with Gasteiger partial charge in [-0.1, -0.05) is 42.0 Å². The van der Waals surface area contributed by atoms with Gasteiger partial charge in [-0.2, -0.15) is 0 Å². The second kappa shape index (κ2) is 11.4. The van der Waals surface area contributed by atoms with Crippen LogP contribution in [0.4, 0.5) is 4.39 Å². The molecule has 2 aliphatic rings. The predicted molar refractivity (Wildman–Crippen MR) is 126 cm³/mol. The summed E-state index contributed by atoms with van der Waals surface area (Å²) in [7, 11) is 0. The van der Waals surface area contributed by atoms with Crippen LogP contribution in [0.15, 0.2) is 48.5 Å². The minimum Gasteiger partial charge on any atom is -0.379 e. The lowest BCUT2D eigenvalue weighted by Crippen LogP contribution is -2.46. The molecule has 174 valence electrons. The Morgan fingerprint density at radius 2 is 1.78 bits per heavy atom. The molecule has 1 heterocycles. The number of rotatable bonds is 8. The molecule has 1 saturated heterocycles. The Kier molecular flexibility index (Phi) is 8.31. The molecule has 1 saturated carbocycles. The lowest BCUT2D eigenvalue weighted by atomic mass is 9.73. The summed E-state index contributed by atoms with van der Waals surface area (Å²) in [6, 6.07) is 16.5. The van der Waals surface area contributed by atoms with Crippen LogP contribution in [0.5, 0.6) is 0 Å². The third-order valence-corrected chi connectivity index (χ3v) is 7.23. The van der Waals surface area contributed by atoms with Crippen molar-refractivity contribution in [2.75, 3.05) is 39.6 Å². The van der Waals surface area contributed by atoms with Crippen LogP contribution in [-0.2, 0) is 9.47 Å². The molecule has 4 rings (SSSR count). The molecule has 32 heavy (non-hydrogen) atoms. The summed E-state index contributed by atoms with van der Waals surface area (Å²) in [4.78, 5) is 2.63. The van der Waals surface area contributed by atoms with E-state index in [9.17, 15) is 4.39 Å². The highest BCUT2D eigenvalue weighted by molar-refractivity contribution is 5.26. The molecule has 2 aromatic rings. The molecular weight excluding hydrogens is 403 g/mol. The maximum absolute atomic E-state index is 13.2. The van der Waals surface area contributed by atoms with E-state index >= 15 is 0 Å². The highest BCUT2D eigenvalue weighted by atomic mass is 19.1. The second-order valence-electron chi connectivity index (χ2n) is 9.38. The van der Waals surface area contributed by atoms with E-state index in [2.05, 4.69) is 48.3 Å². The molecular formula is C27H37FN2O2. The maximum atomic E-state index is 13.2. The average molecular weight is 441 g/mol. The molecule has 4 nitrogen and oxygen atoms in total. The van der Waals surface area contributed by atoms with E-state index in [0.717, 1.165) is 38.5 Å². The van der Waals surface area contributed by atoms with E-state index in [0.29, 0.717) is 24.6 Å². The minimum absolute atomic E-state index is 0.126. The SMILES string of the molecule is Cc1ccc(C2CC(N3CCOCC3)CCC2COCNC(C)c2ccc(F)cc2)cc1. The average Bonchev–Trinajstić information content (AvgIpc) is 2.83. The fourth-order valence-corrected chi connectivity index (χ4v) is 5.17. The van der Waals surface area contributed by atoms with Crippen molar-refractivity contribution in [2.24, 2.45) is 5.92 Å². The van der Waals surface area contributed by atoms with Gasteiger partial charge >= 0.3 is 0 Å². The summed E-state index contributed by atoms with van der Waals surface area (Å²) < 4.78 is 24.9. The van der Waals surface area contributed by atoms with Crippen LogP contribution in [0.1, 0.15) is 54.8 Å².